The van der Waals surface area contributed by atoms with Crippen LogP contribution in [0.1, 0.15) is 43.0 Å². The average Bonchev–Trinajstić information content (AvgIpc) is 2.67. The van der Waals surface area contributed by atoms with E-state index < -0.39 is 0 Å². The van der Waals surface area contributed by atoms with Gasteiger partial charge < -0.3 is 10.2 Å². The van der Waals surface area contributed by atoms with Crippen molar-refractivity contribution in [3.63, 3.8) is 0 Å². The molecule has 1 aromatic heterocycles. The molecule has 3 rings (SSSR count). The first-order chi connectivity index (χ1) is 12.7. The van der Waals surface area contributed by atoms with Crippen LogP contribution in [0.2, 0.25) is 0 Å². The lowest BCUT2D eigenvalue weighted by atomic mass is 10.0. The molecule has 0 radical (unpaired) electrons. The quantitative estimate of drug-likeness (QED) is 0.863. The van der Waals surface area contributed by atoms with Gasteiger partial charge in [0.1, 0.15) is 5.82 Å². The minimum atomic E-state index is -0.335. The Hall–Kier alpha value is -2.34. The van der Waals surface area contributed by atoms with Crippen LogP contribution in [-0.2, 0) is 0 Å². The third-order valence-corrected chi connectivity index (χ3v) is 4.75. The number of carbonyl (C=O) groups excluding carboxylic acids is 1. The van der Waals surface area contributed by atoms with Gasteiger partial charge in [0.05, 0.1) is 5.56 Å². The number of nitrogens with zero attached hydrogens (tertiary/aromatic N) is 3. The first kappa shape index (κ1) is 18.5. The van der Waals surface area contributed by atoms with Crippen LogP contribution in [0.3, 0.4) is 0 Å². The lowest BCUT2D eigenvalue weighted by Crippen LogP contribution is -2.44. The number of amides is 1. The van der Waals surface area contributed by atoms with Gasteiger partial charge in [0, 0.05) is 37.1 Å². The fourth-order valence-corrected chi connectivity index (χ4v) is 3.17. The summed E-state index contributed by atoms with van der Waals surface area (Å²) in [6.45, 7) is 5.40. The molecule has 1 aromatic carbocycles. The minimum absolute atomic E-state index is 0.150. The third-order valence-electron chi connectivity index (χ3n) is 4.75. The van der Waals surface area contributed by atoms with Gasteiger partial charge in [0.25, 0.3) is 5.91 Å². The van der Waals surface area contributed by atoms with Crippen molar-refractivity contribution in [3.05, 3.63) is 48.0 Å². The molecule has 1 fully saturated rings. The smallest absolute Gasteiger partial charge is 0.254 e. The molecule has 1 aliphatic rings. The van der Waals surface area contributed by atoms with E-state index in [1.807, 2.05) is 0 Å². The second kappa shape index (κ2) is 8.85. The zero-order chi connectivity index (χ0) is 18.4. The van der Waals surface area contributed by atoms with Crippen LogP contribution in [0.5, 0.6) is 0 Å². The Morgan fingerprint density at radius 1 is 1.27 bits per heavy atom. The molecule has 2 heterocycles. The molecule has 6 heteroatoms. The summed E-state index contributed by atoms with van der Waals surface area (Å²) in [5.74, 6) is -0.0775. The number of unbranched alkanes of at least 4 members (excludes halogenated alkanes) is 1. The van der Waals surface area contributed by atoms with E-state index in [4.69, 9.17) is 0 Å². The van der Waals surface area contributed by atoms with E-state index in [1.54, 1.807) is 12.1 Å². The van der Waals surface area contributed by atoms with Gasteiger partial charge in [-0.3, -0.25) is 4.79 Å². The van der Waals surface area contributed by atoms with Crippen molar-refractivity contribution in [3.8, 4) is 11.4 Å². The maximum Gasteiger partial charge on any atom is 0.254 e. The zero-order valence-electron chi connectivity index (χ0n) is 15.1. The highest BCUT2D eigenvalue weighted by atomic mass is 19.1. The molecule has 0 bridgehead atoms. The highest BCUT2D eigenvalue weighted by Crippen LogP contribution is 2.16. The van der Waals surface area contributed by atoms with Crippen LogP contribution in [0.25, 0.3) is 11.4 Å². The number of aromatic nitrogens is 2. The summed E-state index contributed by atoms with van der Waals surface area (Å²) in [4.78, 5) is 23.3. The highest BCUT2D eigenvalue weighted by molar-refractivity contribution is 5.93. The lowest BCUT2D eigenvalue weighted by Gasteiger charge is -2.32. The molecule has 0 unspecified atom stereocenters. The van der Waals surface area contributed by atoms with Crippen molar-refractivity contribution in [2.75, 3.05) is 19.6 Å². The van der Waals surface area contributed by atoms with Gasteiger partial charge in [-0.1, -0.05) is 25.5 Å². The maximum absolute atomic E-state index is 13.3. The van der Waals surface area contributed by atoms with Gasteiger partial charge in [-0.05, 0) is 37.9 Å². The van der Waals surface area contributed by atoms with E-state index >= 15 is 0 Å². The summed E-state index contributed by atoms with van der Waals surface area (Å²) in [5, 5.41) is 3.07. The average molecular weight is 356 g/mol. The number of benzene rings is 1. The number of piperidine rings is 1. The molecule has 1 saturated heterocycles. The molecule has 2 aromatic rings. The zero-order valence-corrected chi connectivity index (χ0v) is 15.1. The molecule has 0 aliphatic carbocycles. The summed E-state index contributed by atoms with van der Waals surface area (Å²) in [5.41, 5.74) is 1.02. The summed E-state index contributed by atoms with van der Waals surface area (Å²) >= 11 is 0. The molecule has 138 valence electrons. The van der Waals surface area contributed by atoms with Crippen molar-refractivity contribution in [2.45, 2.75) is 38.6 Å². The van der Waals surface area contributed by atoms with E-state index in [0.29, 0.717) is 17.0 Å². The number of halogens is 1. The van der Waals surface area contributed by atoms with E-state index in [0.717, 1.165) is 32.5 Å². The van der Waals surface area contributed by atoms with E-state index in [-0.39, 0.29) is 17.8 Å². The third kappa shape index (κ3) is 4.85. The van der Waals surface area contributed by atoms with Gasteiger partial charge in [-0.15, -0.1) is 0 Å². The van der Waals surface area contributed by atoms with Gasteiger partial charge in [-0.25, -0.2) is 14.4 Å². The van der Waals surface area contributed by atoms with E-state index in [9.17, 15) is 9.18 Å². The monoisotopic (exact) mass is 356 g/mol. The van der Waals surface area contributed by atoms with Crippen molar-refractivity contribution >= 4 is 5.91 Å². The van der Waals surface area contributed by atoms with Crippen LogP contribution >= 0.6 is 0 Å². The van der Waals surface area contributed by atoms with Crippen LogP contribution in [0.15, 0.2) is 36.7 Å². The predicted molar refractivity (Wildman–Crippen MR) is 99.3 cm³/mol. The van der Waals surface area contributed by atoms with Crippen molar-refractivity contribution in [1.82, 2.24) is 20.2 Å². The number of nitrogens with one attached hydrogen (secondary N) is 1. The van der Waals surface area contributed by atoms with Gasteiger partial charge >= 0.3 is 0 Å². The fourth-order valence-electron chi connectivity index (χ4n) is 3.17. The van der Waals surface area contributed by atoms with Crippen molar-refractivity contribution < 1.29 is 9.18 Å². The van der Waals surface area contributed by atoms with Crippen molar-refractivity contribution in [1.29, 1.82) is 0 Å². The summed E-state index contributed by atoms with van der Waals surface area (Å²) < 4.78 is 13.3. The second-order valence-electron chi connectivity index (χ2n) is 6.75. The van der Waals surface area contributed by atoms with Crippen LogP contribution in [0.4, 0.5) is 4.39 Å². The molecule has 0 spiro atoms. The number of hydrogen-bond donors (Lipinski definition) is 1. The van der Waals surface area contributed by atoms with E-state index in [1.165, 1.54) is 37.4 Å². The standard InChI is InChI=1S/C20H25FN4O/c1-2-3-9-25-10-7-18(8-11-25)24-20(26)16-13-22-19(23-14-16)15-5-4-6-17(21)12-15/h4-6,12-14,18H,2-3,7-11H2,1H3,(H,24,26). The number of rotatable bonds is 6. The molecular formula is C20H25FN4O. The maximum atomic E-state index is 13.3. The first-order valence-electron chi connectivity index (χ1n) is 9.27. The number of hydrogen-bond acceptors (Lipinski definition) is 4. The Kier molecular flexibility index (Phi) is 6.28. The highest BCUT2D eigenvalue weighted by Gasteiger charge is 2.21. The van der Waals surface area contributed by atoms with Crippen LogP contribution in [0, 0.1) is 5.82 Å². The topological polar surface area (TPSA) is 58.1 Å². The molecular weight excluding hydrogens is 331 g/mol. The summed E-state index contributed by atoms with van der Waals surface area (Å²) in [6.07, 6.45) is 7.38. The minimum Gasteiger partial charge on any atom is -0.349 e. The van der Waals surface area contributed by atoms with E-state index in [2.05, 4.69) is 27.1 Å². The van der Waals surface area contributed by atoms with Crippen LogP contribution < -0.4 is 5.32 Å². The Morgan fingerprint density at radius 2 is 2.00 bits per heavy atom. The number of carbonyl (C=O) groups is 1. The van der Waals surface area contributed by atoms with Gasteiger partial charge in [0.15, 0.2) is 5.82 Å². The Labute approximate surface area is 153 Å². The summed E-state index contributed by atoms with van der Waals surface area (Å²) in [6, 6.07) is 6.30. The molecule has 5 nitrogen and oxygen atoms in total. The van der Waals surface area contributed by atoms with Gasteiger partial charge in [0.2, 0.25) is 0 Å². The Morgan fingerprint density at radius 3 is 2.65 bits per heavy atom. The van der Waals surface area contributed by atoms with Gasteiger partial charge in [-0.2, -0.15) is 0 Å². The predicted octanol–water partition coefficient (Wildman–Crippen LogP) is 3.28. The largest absolute Gasteiger partial charge is 0.349 e. The molecule has 1 aliphatic heterocycles. The Balaban J connectivity index is 1.54. The SMILES string of the molecule is CCCCN1CCC(NC(=O)c2cnc(-c3cccc(F)c3)nc2)CC1. The normalized spacial score (nSPS) is 15.8. The van der Waals surface area contributed by atoms with Crippen molar-refractivity contribution in [2.24, 2.45) is 0 Å². The summed E-state index contributed by atoms with van der Waals surface area (Å²) in [7, 11) is 0. The second-order valence-corrected chi connectivity index (χ2v) is 6.75. The molecule has 1 amide bonds. The molecule has 0 atom stereocenters. The lowest BCUT2D eigenvalue weighted by molar-refractivity contribution is 0.0910. The van der Waals surface area contributed by atoms with Crippen LogP contribution in [-0.4, -0.2) is 46.5 Å². The molecule has 1 N–H and O–H groups in total. The first-order valence-corrected chi connectivity index (χ1v) is 9.27. The molecule has 0 saturated carbocycles. The Bertz CT molecular complexity index is 727. The fraction of sp³-hybridized carbons (Fsp3) is 0.450. The molecule has 26 heavy (non-hydrogen) atoms. The number of likely N-dealkylation sites (tertiary alicyclic amines) is 1.